The molecule has 0 spiro atoms. The van der Waals surface area contributed by atoms with E-state index in [0.717, 1.165) is 16.0 Å². The molecular formula is C22H17N5O11S. The van der Waals surface area contributed by atoms with E-state index < -0.39 is 47.4 Å². The first-order chi connectivity index (χ1) is 18.2. The van der Waals surface area contributed by atoms with Gasteiger partial charge in [0.05, 0.1) is 42.5 Å². The molecule has 0 atom stereocenters. The van der Waals surface area contributed by atoms with Crippen LogP contribution in [0.3, 0.4) is 0 Å². The van der Waals surface area contributed by atoms with Gasteiger partial charge in [0.2, 0.25) is 0 Å². The van der Waals surface area contributed by atoms with Crippen LogP contribution in [0.1, 0.15) is 11.1 Å². The summed E-state index contributed by atoms with van der Waals surface area (Å²) in [7, 11) is -0.0789. The minimum absolute atomic E-state index is 0.0473. The summed E-state index contributed by atoms with van der Waals surface area (Å²) in [5.74, 6) is -1.46. The summed E-state index contributed by atoms with van der Waals surface area (Å²) in [4.78, 5) is 49.1. The van der Waals surface area contributed by atoms with Crippen LogP contribution in [-0.4, -0.2) is 37.1 Å². The van der Waals surface area contributed by atoms with Crippen LogP contribution in [-0.2, 0) is 10.9 Å². The largest absolute Gasteiger partial charge is 0.863 e. The highest BCUT2D eigenvalue weighted by Gasteiger charge is 2.24. The van der Waals surface area contributed by atoms with E-state index in [4.69, 9.17) is 0 Å². The zero-order valence-electron chi connectivity index (χ0n) is 20.0. The van der Waals surface area contributed by atoms with Crippen molar-refractivity contribution in [3.63, 3.8) is 0 Å². The van der Waals surface area contributed by atoms with Crippen molar-refractivity contribution in [3.8, 4) is 5.75 Å². The van der Waals surface area contributed by atoms with Crippen LogP contribution < -0.4 is 5.11 Å². The van der Waals surface area contributed by atoms with Crippen molar-refractivity contribution in [3.05, 3.63) is 122 Å². The fourth-order valence-corrected chi connectivity index (χ4v) is 3.97. The second-order valence-electron chi connectivity index (χ2n) is 7.56. The first kappa shape index (κ1) is 29.8. The minimum atomic E-state index is -1.46. The number of nitrogens with zero attached hydrogens (tertiary/aromatic N) is 5. The lowest BCUT2D eigenvalue weighted by atomic mass is 10.1. The van der Waals surface area contributed by atoms with Gasteiger partial charge in [0.15, 0.2) is 4.91 Å². The van der Waals surface area contributed by atoms with Gasteiger partial charge in [0.1, 0.15) is 12.5 Å². The maximum absolute atomic E-state index is 11.1. The van der Waals surface area contributed by atoms with Crippen LogP contribution in [0.5, 0.6) is 5.75 Å². The topological polar surface area (TPSA) is 239 Å². The number of rotatable bonds is 8. The molecule has 0 fully saturated rings. The second-order valence-corrected chi connectivity index (χ2v) is 9.64. The number of hydrogen-bond donors (Lipinski definition) is 0. The summed E-state index contributed by atoms with van der Waals surface area (Å²) in [5, 5.41) is 63.5. The Morgan fingerprint density at radius 2 is 1.00 bits per heavy atom. The fraction of sp³-hybridized carbons (Fsp3) is 0.0909. The van der Waals surface area contributed by atoms with Crippen molar-refractivity contribution >= 4 is 50.3 Å². The predicted octanol–water partition coefficient (Wildman–Crippen LogP) is 4.36. The van der Waals surface area contributed by atoms with Crippen molar-refractivity contribution in [2.45, 2.75) is 0 Å². The average molecular weight is 559 g/mol. The number of nitro groups is 5. The molecule has 3 aromatic carbocycles. The Bertz CT molecular complexity index is 1440. The van der Waals surface area contributed by atoms with Gasteiger partial charge in [-0.2, -0.15) is 0 Å². The Morgan fingerprint density at radius 1 is 0.615 bits per heavy atom. The van der Waals surface area contributed by atoms with Gasteiger partial charge in [0, 0.05) is 46.8 Å². The first-order valence-corrected chi connectivity index (χ1v) is 12.3. The summed E-state index contributed by atoms with van der Waals surface area (Å²) in [6.07, 6.45) is 6.06. The normalized spacial score (nSPS) is 10.8. The molecule has 202 valence electrons. The van der Waals surface area contributed by atoms with E-state index in [1.54, 1.807) is 24.3 Å². The monoisotopic (exact) mass is 559 g/mol. The van der Waals surface area contributed by atoms with Crippen LogP contribution in [0.2, 0.25) is 0 Å². The molecule has 0 aliphatic rings. The van der Waals surface area contributed by atoms with Gasteiger partial charge in [-0.1, -0.05) is 0 Å². The van der Waals surface area contributed by atoms with Crippen molar-refractivity contribution in [2.24, 2.45) is 0 Å². The summed E-state index contributed by atoms with van der Waals surface area (Å²) in [6.45, 7) is 0. The molecule has 0 bridgehead atoms. The molecule has 0 radical (unpaired) electrons. The Balaban J connectivity index is 0.000000293. The second kappa shape index (κ2) is 12.7. The van der Waals surface area contributed by atoms with Gasteiger partial charge in [-0.25, -0.2) is 0 Å². The molecule has 3 rings (SSSR count). The lowest BCUT2D eigenvalue weighted by molar-refractivity contribution is -0.420. The van der Waals surface area contributed by atoms with E-state index in [2.05, 4.69) is 12.5 Å². The molecule has 16 nitrogen and oxygen atoms in total. The molecule has 0 aromatic heterocycles. The van der Waals surface area contributed by atoms with Crippen molar-refractivity contribution in [1.82, 2.24) is 0 Å². The molecule has 0 heterocycles. The average Bonchev–Trinajstić information content (AvgIpc) is 2.87. The highest BCUT2D eigenvalue weighted by molar-refractivity contribution is 8.04. The van der Waals surface area contributed by atoms with Crippen LogP contribution in [0.4, 0.5) is 28.4 Å². The Labute approximate surface area is 220 Å². The van der Waals surface area contributed by atoms with Gasteiger partial charge in [-0.05, 0) is 29.8 Å². The lowest BCUT2D eigenvalue weighted by Crippen LogP contribution is -2.04. The van der Waals surface area contributed by atoms with Crippen molar-refractivity contribution < 1.29 is 29.7 Å². The number of nitro benzene ring substituents is 5. The third-order valence-corrected chi connectivity index (χ3v) is 6.08. The third kappa shape index (κ3) is 7.76. The van der Waals surface area contributed by atoms with E-state index in [1.807, 2.05) is 6.08 Å². The molecule has 0 aliphatic carbocycles. The van der Waals surface area contributed by atoms with Crippen LogP contribution in [0.15, 0.2) is 60.7 Å². The van der Waals surface area contributed by atoms with Crippen LogP contribution in [0.25, 0.3) is 11.0 Å². The quantitative estimate of drug-likeness (QED) is 0.162. The zero-order chi connectivity index (χ0) is 29.4. The molecule has 0 saturated heterocycles. The van der Waals surface area contributed by atoms with E-state index in [1.165, 1.54) is 24.3 Å². The van der Waals surface area contributed by atoms with Gasteiger partial charge in [-0.3, -0.25) is 50.6 Å². The summed E-state index contributed by atoms with van der Waals surface area (Å²) < 4.78 is 0. The van der Waals surface area contributed by atoms with Gasteiger partial charge < -0.3 is 5.11 Å². The lowest BCUT2D eigenvalue weighted by Gasteiger charge is -2.06. The van der Waals surface area contributed by atoms with Gasteiger partial charge in [-0.15, -0.1) is 0 Å². The summed E-state index contributed by atoms with van der Waals surface area (Å²) in [6, 6.07) is 13.5. The van der Waals surface area contributed by atoms with Crippen molar-refractivity contribution in [1.29, 1.82) is 0 Å². The zero-order valence-corrected chi connectivity index (χ0v) is 20.8. The molecule has 3 aromatic rings. The number of non-ortho nitro benzene ring substituents is 3. The van der Waals surface area contributed by atoms with Crippen molar-refractivity contribution in [2.75, 3.05) is 12.5 Å². The molecule has 0 saturated carbocycles. The smallest absolute Gasteiger partial charge is 0.283 e. The standard InChI is InChI=1S/C16H15N2O4S.C6H3N3O7/c1-23(2)16(13-5-9-15(10-6-13)18(21)22)11-12-3-7-14(8-4-12)17(19)20;10-6-4(8(13)14)1-3(7(11)12)2-5(6)9(15)16/h3-11H,1-2H3;1-2,10H/q+1;/p-1/b16-11+;. The fourth-order valence-electron chi connectivity index (χ4n) is 2.99. The Hall–Kier alpha value is -5.45. The minimum Gasteiger partial charge on any atom is -0.863 e. The molecule has 39 heavy (non-hydrogen) atoms. The van der Waals surface area contributed by atoms with E-state index in [9.17, 15) is 55.7 Å². The first-order valence-electron chi connectivity index (χ1n) is 10.3. The molecular weight excluding hydrogens is 542 g/mol. The molecule has 17 heteroatoms. The summed E-state index contributed by atoms with van der Waals surface area (Å²) >= 11 is 0. The van der Waals surface area contributed by atoms with E-state index in [-0.39, 0.29) is 22.3 Å². The highest BCUT2D eigenvalue weighted by Crippen LogP contribution is 2.37. The van der Waals surface area contributed by atoms with Gasteiger partial charge >= 0.3 is 0 Å². The molecule has 0 amide bonds. The van der Waals surface area contributed by atoms with Gasteiger partial charge in [0.25, 0.3) is 28.4 Å². The predicted molar refractivity (Wildman–Crippen MR) is 139 cm³/mol. The third-order valence-electron chi connectivity index (χ3n) is 4.84. The molecule has 0 unspecified atom stereocenters. The van der Waals surface area contributed by atoms with Crippen LogP contribution >= 0.6 is 0 Å². The highest BCUT2D eigenvalue weighted by atomic mass is 32.2. The SMILES string of the molecule is C[S+](C)/C(=C/c1ccc([N+](=O)[O-])cc1)c1ccc([N+](=O)[O-])cc1.O=[N+]([O-])c1cc([N+](=O)[O-])c([O-])c([N+](=O)[O-])c1. The molecule has 0 aliphatic heterocycles. The summed E-state index contributed by atoms with van der Waals surface area (Å²) in [5.41, 5.74) is -1.41. The number of benzene rings is 3. The maximum atomic E-state index is 11.1. The Morgan fingerprint density at radius 3 is 1.33 bits per heavy atom. The number of hydrogen-bond acceptors (Lipinski definition) is 11. The molecule has 0 N–H and O–H groups in total. The Kier molecular flexibility index (Phi) is 9.68. The van der Waals surface area contributed by atoms with E-state index in [0.29, 0.717) is 12.1 Å². The van der Waals surface area contributed by atoms with Crippen LogP contribution in [0, 0.1) is 50.6 Å². The van der Waals surface area contributed by atoms with E-state index >= 15 is 0 Å². The maximum Gasteiger partial charge on any atom is 0.283 e.